The Morgan fingerprint density at radius 2 is 1.68 bits per heavy atom. The van der Waals surface area contributed by atoms with E-state index in [-0.39, 0.29) is 11.2 Å². The number of benzene rings is 2. The fourth-order valence-corrected chi connectivity index (χ4v) is 2.18. The summed E-state index contributed by atoms with van der Waals surface area (Å²) in [5.74, 6) is 1.22. The monoisotopic (exact) mass is 293 g/mol. The maximum atomic E-state index is 12.1. The minimum absolute atomic E-state index is 0.102. The van der Waals surface area contributed by atoms with Crippen molar-refractivity contribution in [3.8, 4) is 28.4 Å². The molecule has 0 saturated heterocycles. The van der Waals surface area contributed by atoms with Crippen molar-refractivity contribution in [3.05, 3.63) is 65.0 Å². The van der Waals surface area contributed by atoms with E-state index in [9.17, 15) is 4.79 Å². The van der Waals surface area contributed by atoms with Crippen LogP contribution in [0.3, 0.4) is 0 Å². The second-order valence-corrected chi connectivity index (χ2v) is 4.77. The highest BCUT2D eigenvalue weighted by Crippen LogP contribution is 2.25. The van der Waals surface area contributed by atoms with Crippen molar-refractivity contribution in [2.24, 2.45) is 0 Å². The van der Waals surface area contributed by atoms with Gasteiger partial charge >= 0.3 is 0 Å². The Kier molecular flexibility index (Phi) is 3.62. The van der Waals surface area contributed by atoms with Crippen molar-refractivity contribution in [1.29, 1.82) is 0 Å². The number of rotatable bonds is 3. The Labute approximate surface area is 127 Å². The first kappa shape index (κ1) is 13.9. The molecule has 0 aliphatic carbocycles. The summed E-state index contributed by atoms with van der Waals surface area (Å²) in [4.78, 5) is 19.3. The quantitative estimate of drug-likeness (QED) is 0.778. The summed E-state index contributed by atoms with van der Waals surface area (Å²) in [6, 6.07) is 16.7. The van der Waals surface area contributed by atoms with Gasteiger partial charge < -0.3 is 15.5 Å². The predicted octanol–water partition coefficient (Wildman–Crippen LogP) is 2.69. The Bertz CT molecular complexity index is 840. The molecule has 2 aromatic carbocycles. The number of anilines is 1. The summed E-state index contributed by atoms with van der Waals surface area (Å²) < 4.78 is 5.13. The zero-order valence-electron chi connectivity index (χ0n) is 12.0. The Morgan fingerprint density at radius 1 is 1.00 bits per heavy atom. The van der Waals surface area contributed by atoms with Crippen LogP contribution in [-0.4, -0.2) is 17.1 Å². The first-order chi connectivity index (χ1) is 10.7. The number of H-pyrrole nitrogens is 1. The molecule has 0 saturated carbocycles. The number of nitrogens with one attached hydrogen (secondary N) is 1. The van der Waals surface area contributed by atoms with Crippen LogP contribution in [0.2, 0.25) is 0 Å². The number of aromatic nitrogens is 2. The third kappa shape index (κ3) is 2.56. The van der Waals surface area contributed by atoms with E-state index in [1.807, 2.05) is 42.5 Å². The van der Waals surface area contributed by atoms with Gasteiger partial charge in [0.25, 0.3) is 5.56 Å². The normalized spacial score (nSPS) is 10.4. The third-order valence-electron chi connectivity index (χ3n) is 3.37. The smallest absolute Gasteiger partial charge is 0.274 e. The standard InChI is InChI=1S/C17H15N3O2/c1-22-13-9-7-11(8-10-13)15-14(18)17(21)20-16(19-15)12-5-3-2-4-6-12/h2-10H,18H2,1H3,(H,19,20,21). The Hall–Kier alpha value is -3.08. The molecule has 1 aromatic heterocycles. The molecule has 110 valence electrons. The molecular weight excluding hydrogens is 278 g/mol. The van der Waals surface area contributed by atoms with Crippen LogP contribution in [0.5, 0.6) is 5.75 Å². The maximum Gasteiger partial charge on any atom is 0.274 e. The molecule has 3 aromatic rings. The van der Waals surface area contributed by atoms with E-state index in [0.29, 0.717) is 11.5 Å². The molecule has 0 spiro atoms. The number of aromatic amines is 1. The van der Waals surface area contributed by atoms with Crippen LogP contribution in [-0.2, 0) is 0 Å². The Morgan fingerprint density at radius 3 is 2.32 bits per heavy atom. The van der Waals surface area contributed by atoms with Gasteiger partial charge in [0.15, 0.2) is 0 Å². The van der Waals surface area contributed by atoms with Gasteiger partial charge in [0.1, 0.15) is 23.0 Å². The van der Waals surface area contributed by atoms with Crippen LogP contribution < -0.4 is 16.0 Å². The minimum atomic E-state index is -0.348. The molecule has 0 atom stereocenters. The van der Waals surface area contributed by atoms with E-state index < -0.39 is 0 Å². The molecule has 5 heteroatoms. The second-order valence-electron chi connectivity index (χ2n) is 4.77. The highest BCUT2D eigenvalue weighted by molar-refractivity contribution is 5.74. The second kappa shape index (κ2) is 5.73. The molecule has 5 nitrogen and oxygen atoms in total. The van der Waals surface area contributed by atoms with Gasteiger partial charge in [-0.05, 0) is 24.3 Å². The summed E-state index contributed by atoms with van der Waals surface area (Å²) in [5.41, 5.74) is 7.71. The number of ether oxygens (including phenoxy) is 1. The third-order valence-corrected chi connectivity index (χ3v) is 3.37. The van der Waals surface area contributed by atoms with Crippen molar-refractivity contribution >= 4 is 5.69 Å². The summed E-state index contributed by atoms with van der Waals surface area (Å²) in [6.07, 6.45) is 0. The molecule has 0 amide bonds. The summed E-state index contributed by atoms with van der Waals surface area (Å²) in [7, 11) is 1.60. The van der Waals surface area contributed by atoms with Crippen LogP contribution in [0.25, 0.3) is 22.6 Å². The zero-order valence-corrected chi connectivity index (χ0v) is 12.0. The van der Waals surface area contributed by atoms with Crippen molar-refractivity contribution in [2.75, 3.05) is 12.8 Å². The first-order valence-corrected chi connectivity index (χ1v) is 6.78. The lowest BCUT2D eigenvalue weighted by Gasteiger charge is -2.08. The number of nitrogens with two attached hydrogens (primary N) is 1. The lowest BCUT2D eigenvalue weighted by molar-refractivity contribution is 0.415. The maximum absolute atomic E-state index is 12.1. The number of nitrogens with zero attached hydrogens (tertiary/aromatic N) is 1. The predicted molar refractivity (Wildman–Crippen MR) is 86.7 cm³/mol. The number of hydrogen-bond acceptors (Lipinski definition) is 4. The van der Waals surface area contributed by atoms with Gasteiger partial charge in [0.2, 0.25) is 0 Å². The molecule has 22 heavy (non-hydrogen) atoms. The molecule has 3 rings (SSSR count). The average molecular weight is 293 g/mol. The molecule has 0 bridgehead atoms. The molecule has 1 heterocycles. The van der Waals surface area contributed by atoms with E-state index in [2.05, 4.69) is 9.97 Å². The molecule has 0 unspecified atom stereocenters. The summed E-state index contributed by atoms with van der Waals surface area (Å²) in [5, 5.41) is 0. The lowest BCUT2D eigenvalue weighted by Crippen LogP contribution is -2.16. The van der Waals surface area contributed by atoms with E-state index in [1.54, 1.807) is 19.2 Å². The highest BCUT2D eigenvalue weighted by Gasteiger charge is 2.11. The zero-order chi connectivity index (χ0) is 15.5. The summed E-state index contributed by atoms with van der Waals surface area (Å²) >= 11 is 0. The molecule has 0 aliphatic heterocycles. The largest absolute Gasteiger partial charge is 0.497 e. The minimum Gasteiger partial charge on any atom is -0.497 e. The number of hydrogen-bond donors (Lipinski definition) is 2. The van der Waals surface area contributed by atoms with Crippen LogP contribution in [0.4, 0.5) is 5.69 Å². The fraction of sp³-hybridized carbons (Fsp3) is 0.0588. The van der Waals surface area contributed by atoms with Crippen molar-refractivity contribution in [1.82, 2.24) is 9.97 Å². The molecular formula is C17H15N3O2. The Balaban J connectivity index is 2.14. The van der Waals surface area contributed by atoms with Gasteiger partial charge in [-0.3, -0.25) is 4.79 Å². The van der Waals surface area contributed by atoms with E-state index in [4.69, 9.17) is 10.5 Å². The van der Waals surface area contributed by atoms with Crippen LogP contribution in [0, 0.1) is 0 Å². The highest BCUT2D eigenvalue weighted by atomic mass is 16.5. The number of methoxy groups -OCH3 is 1. The topological polar surface area (TPSA) is 81.0 Å². The van der Waals surface area contributed by atoms with E-state index >= 15 is 0 Å². The van der Waals surface area contributed by atoms with Gasteiger partial charge in [-0.1, -0.05) is 30.3 Å². The molecule has 0 aliphatic rings. The number of nitrogen functional groups attached to an aromatic ring is 1. The van der Waals surface area contributed by atoms with Crippen LogP contribution in [0.1, 0.15) is 0 Å². The molecule has 0 radical (unpaired) electrons. The van der Waals surface area contributed by atoms with Gasteiger partial charge in [-0.2, -0.15) is 0 Å². The lowest BCUT2D eigenvalue weighted by atomic mass is 10.1. The fourth-order valence-electron chi connectivity index (χ4n) is 2.18. The average Bonchev–Trinajstić information content (AvgIpc) is 2.58. The first-order valence-electron chi connectivity index (χ1n) is 6.78. The molecule has 3 N–H and O–H groups in total. The van der Waals surface area contributed by atoms with E-state index in [0.717, 1.165) is 16.9 Å². The van der Waals surface area contributed by atoms with Crippen molar-refractivity contribution in [3.63, 3.8) is 0 Å². The molecule has 0 fully saturated rings. The van der Waals surface area contributed by atoms with E-state index in [1.165, 1.54) is 0 Å². The SMILES string of the molecule is COc1ccc(-c2nc(-c3ccccc3)[nH]c(=O)c2N)cc1. The van der Waals surface area contributed by atoms with Gasteiger partial charge in [-0.15, -0.1) is 0 Å². The van der Waals surface area contributed by atoms with Gasteiger partial charge in [-0.25, -0.2) is 4.98 Å². The van der Waals surface area contributed by atoms with Crippen LogP contribution >= 0.6 is 0 Å². The summed E-state index contributed by atoms with van der Waals surface area (Å²) in [6.45, 7) is 0. The van der Waals surface area contributed by atoms with Crippen LogP contribution in [0.15, 0.2) is 59.4 Å². The van der Waals surface area contributed by atoms with Gasteiger partial charge in [0, 0.05) is 11.1 Å². The van der Waals surface area contributed by atoms with Crippen molar-refractivity contribution in [2.45, 2.75) is 0 Å². The van der Waals surface area contributed by atoms with Crippen molar-refractivity contribution < 1.29 is 4.74 Å². The van der Waals surface area contributed by atoms with Gasteiger partial charge in [0.05, 0.1) is 7.11 Å².